The molecule has 0 aliphatic rings. The average molecular weight is 494 g/mol. The van der Waals surface area contributed by atoms with Crippen molar-refractivity contribution >= 4 is 64.6 Å². The van der Waals surface area contributed by atoms with Gasteiger partial charge >= 0.3 is 0 Å². The molecule has 0 N–H and O–H groups in total. The summed E-state index contributed by atoms with van der Waals surface area (Å²) < 4.78 is 1.42. The van der Waals surface area contributed by atoms with Gasteiger partial charge in [0.2, 0.25) is 0 Å². The summed E-state index contributed by atoms with van der Waals surface area (Å²) in [5, 5.41) is 12.8. The van der Waals surface area contributed by atoms with Crippen molar-refractivity contribution in [2.24, 2.45) is 0 Å². The molecule has 0 unspecified atom stereocenters. The molecule has 0 aliphatic heterocycles. The molecule has 0 saturated carbocycles. The lowest BCUT2D eigenvalue weighted by molar-refractivity contribution is 0.799. The molecule has 184 valence electrons. The number of fused-ring (bicyclic) bond motifs is 3. The van der Waals surface area contributed by atoms with Gasteiger partial charge in [-0.3, -0.25) is 9.59 Å². The second kappa shape index (κ2) is 7.20. The van der Waals surface area contributed by atoms with E-state index in [9.17, 15) is 9.59 Å². The Kier molecular flexibility index (Phi) is 4.13. The van der Waals surface area contributed by atoms with E-state index in [-0.39, 0.29) is 11.1 Å². The van der Waals surface area contributed by atoms with E-state index in [0.717, 1.165) is 57.5 Å². The van der Waals surface area contributed by atoms with Crippen LogP contribution in [0.5, 0.6) is 0 Å². The number of rotatable bonds is 4. The zero-order chi connectivity index (χ0) is 26.0. The maximum absolute atomic E-state index is 14.3. The van der Waals surface area contributed by atoms with Gasteiger partial charge in [-0.15, -0.1) is 0 Å². The van der Waals surface area contributed by atoms with E-state index in [1.807, 2.05) is 32.0 Å². The van der Waals surface area contributed by atoms with E-state index < -0.39 is 0 Å². The van der Waals surface area contributed by atoms with Crippen LogP contribution in [0.3, 0.4) is 0 Å². The van der Waals surface area contributed by atoms with Crippen molar-refractivity contribution in [3.63, 3.8) is 0 Å². The third-order valence-corrected chi connectivity index (χ3v) is 8.94. The second-order valence-electron chi connectivity index (χ2n) is 11.2. The van der Waals surface area contributed by atoms with Crippen molar-refractivity contribution in [1.82, 2.24) is 4.57 Å². The molecule has 7 aromatic carbocycles. The Morgan fingerprint density at radius 1 is 0.605 bits per heavy atom. The van der Waals surface area contributed by atoms with Crippen LogP contribution < -0.4 is 11.1 Å². The number of unbranched alkanes of at least 4 members (excludes halogenated alkanes) is 1. The van der Waals surface area contributed by atoms with Crippen LogP contribution in [0.15, 0.2) is 64.2 Å². The first-order valence-electron chi connectivity index (χ1n) is 13.6. The molecular formula is C35H27NO2. The lowest BCUT2D eigenvalue weighted by Gasteiger charge is -2.11. The second-order valence-corrected chi connectivity index (χ2v) is 11.2. The molecule has 0 amide bonds. The Morgan fingerprint density at radius 2 is 1.24 bits per heavy atom. The van der Waals surface area contributed by atoms with E-state index in [2.05, 4.69) is 50.2 Å². The Hall–Kier alpha value is -4.24. The molecular weight excluding hydrogens is 466 g/mol. The number of hydrogen-bond acceptors (Lipinski definition) is 2. The molecule has 8 rings (SSSR count). The smallest absolute Gasteiger partial charge is 0.266 e. The maximum Gasteiger partial charge on any atom is 0.266 e. The van der Waals surface area contributed by atoms with Crippen molar-refractivity contribution < 1.29 is 0 Å². The number of hydrogen-bond donors (Lipinski definition) is 0. The van der Waals surface area contributed by atoms with Gasteiger partial charge < -0.3 is 0 Å². The minimum atomic E-state index is -0.212. The normalized spacial score (nSPS) is 12.7. The molecule has 3 nitrogen and oxygen atoms in total. The first-order chi connectivity index (χ1) is 18.4. The highest BCUT2D eigenvalue weighted by atomic mass is 16.2. The van der Waals surface area contributed by atoms with Gasteiger partial charge in [-0.2, -0.15) is 0 Å². The molecule has 0 atom stereocenters. The maximum atomic E-state index is 14.3. The predicted octanol–water partition coefficient (Wildman–Crippen LogP) is 8.14. The molecule has 0 aliphatic carbocycles. The first kappa shape index (κ1) is 21.8. The van der Waals surface area contributed by atoms with Crippen LogP contribution in [-0.2, 0) is 6.42 Å². The summed E-state index contributed by atoms with van der Waals surface area (Å²) in [6, 6.07) is 19.2. The fraction of sp³-hybridized carbons (Fsp3) is 0.200. The third-order valence-electron chi connectivity index (χ3n) is 8.94. The Morgan fingerprint density at radius 3 is 1.92 bits per heavy atom. The van der Waals surface area contributed by atoms with Crippen molar-refractivity contribution in [2.75, 3.05) is 0 Å². The molecule has 0 bridgehead atoms. The Bertz CT molecular complexity index is 2340. The molecule has 38 heavy (non-hydrogen) atoms. The molecule has 8 aromatic rings. The van der Waals surface area contributed by atoms with E-state index in [0.29, 0.717) is 16.5 Å². The third kappa shape index (κ3) is 2.45. The minimum absolute atomic E-state index is 0.208. The lowest BCUT2D eigenvalue weighted by Crippen LogP contribution is -2.24. The zero-order valence-corrected chi connectivity index (χ0v) is 22.1. The van der Waals surface area contributed by atoms with Gasteiger partial charge in [-0.05, 0) is 122 Å². The topological polar surface area (TPSA) is 39.1 Å². The Labute approximate surface area is 219 Å². The minimum Gasteiger partial charge on any atom is -0.268 e. The quantitative estimate of drug-likeness (QED) is 0.232. The van der Waals surface area contributed by atoms with Crippen molar-refractivity contribution in [3.8, 4) is 5.69 Å². The van der Waals surface area contributed by atoms with E-state index in [4.69, 9.17) is 0 Å². The van der Waals surface area contributed by atoms with Gasteiger partial charge in [0.25, 0.3) is 11.1 Å². The number of benzene rings is 6. The summed E-state index contributed by atoms with van der Waals surface area (Å²) in [6.07, 6.45) is 3.14. The van der Waals surface area contributed by atoms with Crippen LogP contribution in [0.2, 0.25) is 0 Å². The van der Waals surface area contributed by atoms with Gasteiger partial charge in [-0.1, -0.05) is 55.3 Å². The molecule has 3 heteroatoms. The molecule has 1 aromatic heterocycles. The first-order valence-corrected chi connectivity index (χ1v) is 13.6. The molecule has 0 fully saturated rings. The molecule has 0 radical (unpaired) electrons. The summed E-state index contributed by atoms with van der Waals surface area (Å²) in [7, 11) is 0. The van der Waals surface area contributed by atoms with Crippen LogP contribution in [-0.4, -0.2) is 4.57 Å². The average Bonchev–Trinajstić information content (AvgIpc) is 3.39. The summed E-state index contributed by atoms with van der Waals surface area (Å²) in [6.45, 7) is 8.34. The summed E-state index contributed by atoms with van der Waals surface area (Å²) >= 11 is 0. The van der Waals surface area contributed by atoms with E-state index in [1.165, 1.54) is 42.4 Å². The standard InChI is InChI=1S/C35H27NO2/c1-5-6-7-21-16-25-31-29-23(21)12-10-20-9-11-22-18(3)15-24(30(31)28(22)27(20)29)32-33(25)35(38)36(34(32)37)26-13-8-17(2)14-19(26)4/h8-16H,5-7H2,1-4H3. The van der Waals surface area contributed by atoms with Gasteiger partial charge in [0.15, 0.2) is 0 Å². The van der Waals surface area contributed by atoms with Crippen LogP contribution >= 0.6 is 0 Å². The van der Waals surface area contributed by atoms with Gasteiger partial charge in [0.05, 0.1) is 16.5 Å². The Balaban J connectivity index is 1.70. The van der Waals surface area contributed by atoms with Crippen LogP contribution in [0.25, 0.3) is 70.3 Å². The van der Waals surface area contributed by atoms with Crippen molar-refractivity contribution in [3.05, 3.63) is 97.6 Å². The van der Waals surface area contributed by atoms with E-state index in [1.54, 1.807) is 0 Å². The van der Waals surface area contributed by atoms with Gasteiger partial charge in [0, 0.05) is 0 Å². The van der Waals surface area contributed by atoms with Gasteiger partial charge in [-0.25, -0.2) is 4.57 Å². The summed E-state index contributed by atoms with van der Waals surface area (Å²) in [4.78, 5) is 28.6. The molecule has 0 saturated heterocycles. The number of nitrogens with zero attached hydrogens (tertiary/aromatic N) is 1. The van der Waals surface area contributed by atoms with Crippen molar-refractivity contribution in [1.29, 1.82) is 0 Å². The number of aryl methyl sites for hydroxylation is 4. The molecule has 1 heterocycles. The monoisotopic (exact) mass is 493 g/mol. The fourth-order valence-electron chi connectivity index (χ4n) is 7.29. The van der Waals surface area contributed by atoms with Gasteiger partial charge in [0.1, 0.15) is 0 Å². The van der Waals surface area contributed by atoms with E-state index >= 15 is 0 Å². The largest absolute Gasteiger partial charge is 0.268 e. The van der Waals surface area contributed by atoms with Crippen LogP contribution in [0, 0.1) is 20.8 Å². The van der Waals surface area contributed by atoms with Crippen LogP contribution in [0.1, 0.15) is 42.0 Å². The lowest BCUT2D eigenvalue weighted by atomic mass is 9.91. The highest BCUT2D eigenvalue weighted by Crippen LogP contribution is 2.51. The van der Waals surface area contributed by atoms with Crippen molar-refractivity contribution in [2.45, 2.75) is 47.0 Å². The zero-order valence-electron chi connectivity index (χ0n) is 22.1. The SMILES string of the molecule is CCCCc1cc2c3c(=O)n(-c4ccc(C)cc4C)c(=O)c3c3cc(C)c4ccc5ccc1c1c5c4c3c21. The molecule has 0 spiro atoms. The fourth-order valence-corrected chi connectivity index (χ4v) is 7.29. The summed E-state index contributed by atoms with van der Waals surface area (Å²) in [5.74, 6) is 0. The highest BCUT2D eigenvalue weighted by Gasteiger charge is 2.28. The highest BCUT2D eigenvalue weighted by molar-refractivity contribution is 6.48. The summed E-state index contributed by atoms with van der Waals surface area (Å²) in [5.41, 5.74) is 4.70. The van der Waals surface area contributed by atoms with Crippen LogP contribution in [0.4, 0.5) is 0 Å². The predicted molar refractivity (Wildman–Crippen MR) is 161 cm³/mol. The number of aromatic nitrogens is 1.